The van der Waals surface area contributed by atoms with Gasteiger partial charge in [-0.1, -0.05) is 12.1 Å². The van der Waals surface area contributed by atoms with Crippen molar-refractivity contribution in [2.24, 2.45) is 0 Å². The fourth-order valence-corrected chi connectivity index (χ4v) is 1.94. The number of likely N-dealkylation sites (N-methyl/N-ethyl adjacent to an activating group) is 1. The second-order valence-corrected chi connectivity index (χ2v) is 6.66. The predicted molar refractivity (Wildman–Crippen MR) is 91.4 cm³/mol. The molecule has 0 saturated carbocycles. The van der Waals surface area contributed by atoms with Crippen LogP contribution in [0.15, 0.2) is 18.2 Å². The highest BCUT2D eigenvalue weighted by Gasteiger charge is 2.19. The van der Waals surface area contributed by atoms with Gasteiger partial charge in [0.2, 0.25) is 5.91 Å². The highest BCUT2D eigenvalue weighted by atomic mass is 16.5. The van der Waals surface area contributed by atoms with Crippen LogP contribution in [0.1, 0.15) is 36.7 Å². The minimum Gasteiger partial charge on any atom is -0.452 e. The van der Waals surface area contributed by atoms with Gasteiger partial charge in [0.1, 0.15) is 0 Å². The van der Waals surface area contributed by atoms with E-state index in [4.69, 9.17) is 10.5 Å². The van der Waals surface area contributed by atoms with Gasteiger partial charge in [-0.15, -0.1) is 0 Å². The third-order valence-corrected chi connectivity index (χ3v) is 3.19. The van der Waals surface area contributed by atoms with E-state index in [9.17, 15) is 14.4 Å². The van der Waals surface area contributed by atoms with Crippen molar-refractivity contribution in [1.29, 1.82) is 0 Å². The SMILES string of the molecule is Cc1cccc(C(=O)OCC(=O)N(C)CC(=O)NC(C)(C)C)c1N. The average molecular weight is 335 g/mol. The zero-order valence-electron chi connectivity index (χ0n) is 14.8. The third-order valence-electron chi connectivity index (χ3n) is 3.19. The largest absolute Gasteiger partial charge is 0.452 e. The summed E-state index contributed by atoms with van der Waals surface area (Å²) < 4.78 is 4.99. The normalized spacial score (nSPS) is 10.9. The molecule has 0 bridgehead atoms. The number of nitrogen functional groups attached to an aromatic ring is 1. The number of para-hydroxylation sites is 1. The fourth-order valence-electron chi connectivity index (χ4n) is 1.94. The Hall–Kier alpha value is -2.57. The Kier molecular flexibility index (Phi) is 6.34. The van der Waals surface area contributed by atoms with Crippen LogP contribution in [0.3, 0.4) is 0 Å². The minimum absolute atomic E-state index is 0.111. The van der Waals surface area contributed by atoms with Crippen LogP contribution in [0.25, 0.3) is 0 Å². The van der Waals surface area contributed by atoms with Gasteiger partial charge >= 0.3 is 5.97 Å². The van der Waals surface area contributed by atoms with E-state index < -0.39 is 18.5 Å². The van der Waals surface area contributed by atoms with E-state index in [0.717, 1.165) is 5.56 Å². The van der Waals surface area contributed by atoms with Crippen LogP contribution >= 0.6 is 0 Å². The lowest BCUT2D eigenvalue weighted by molar-refractivity contribution is -0.137. The predicted octanol–water partition coefficient (Wildman–Crippen LogP) is 1.11. The van der Waals surface area contributed by atoms with Gasteiger partial charge < -0.3 is 20.7 Å². The van der Waals surface area contributed by atoms with Crippen molar-refractivity contribution in [3.8, 4) is 0 Å². The number of anilines is 1. The number of nitrogens with two attached hydrogens (primary N) is 1. The van der Waals surface area contributed by atoms with Crippen molar-refractivity contribution in [2.45, 2.75) is 33.2 Å². The number of rotatable bonds is 5. The van der Waals surface area contributed by atoms with E-state index in [1.165, 1.54) is 18.0 Å². The van der Waals surface area contributed by atoms with Gasteiger partial charge in [0.15, 0.2) is 6.61 Å². The molecule has 0 aliphatic rings. The molecule has 132 valence electrons. The maximum Gasteiger partial charge on any atom is 0.340 e. The lowest BCUT2D eigenvalue weighted by atomic mass is 10.1. The van der Waals surface area contributed by atoms with E-state index >= 15 is 0 Å². The van der Waals surface area contributed by atoms with Gasteiger partial charge in [-0.2, -0.15) is 0 Å². The van der Waals surface area contributed by atoms with E-state index in [0.29, 0.717) is 5.69 Å². The van der Waals surface area contributed by atoms with E-state index in [-0.39, 0.29) is 23.6 Å². The molecule has 0 spiro atoms. The molecule has 7 nitrogen and oxygen atoms in total. The Morgan fingerprint density at radius 2 is 1.88 bits per heavy atom. The van der Waals surface area contributed by atoms with Crippen molar-refractivity contribution >= 4 is 23.5 Å². The summed E-state index contributed by atoms with van der Waals surface area (Å²) in [5.74, 6) is -1.43. The summed E-state index contributed by atoms with van der Waals surface area (Å²) in [6.45, 7) is 6.76. The average Bonchev–Trinajstić information content (AvgIpc) is 2.45. The van der Waals surface area contributed by atoms with Crippen LogP contribution in [0, 0.1) is 6.92 Å². The molecule has 0 radical (unpaired) electrons. The van der Waals surface area contributed by atoms with Crippen molar-refractivity contribution in [2.75, 3.05) is 25.9 Å². The monoisotopic (exact) mass is 335 g/mol. The summed E-state index contributed by atoms with van der Waals surface area (Å²) in [6.07, 6.45) is 0. The topological polar surface area (TPSA) is 102 Å². The number of benzene rings is 1. The van der Waals surface area contributed by atoms with Gasteiger partial charge in [0.25, 0.3) is 5.91 Å². The summed E-state index contributed by atoms with van der Waals surface area (Å²) in [5, 5.41) is 2.75. The van der Waals surface area contributed by atoms with Gasteiger partial charge in [0.05, 0.1) is 12.1 Å². The first kappa shape index (κ1) is 19.5. The zero-order valence-corrected chi connectivity index (χ0v) is 14.8. The standard InChI is InChI=1S/C17H25N3O4/c1-11-7-6-8-12(15(11)18)16(23)24-10-14(22)20(5)9-13(21)19-17(2,3)4/h6-8H,9-10,18H2,1-5H3,(H,19,21). The zero-order chi connectivity index (χ0) is 18.5. The van der Waals surface area contributed by atoms with Crippen LogP contribution in [-0.2, 0) is 14.3 Å². The molecular weight excluding hydrogens is 310 g/mol. The number of ether oxygens (including phenoxy) is 1. The first-order chi connectivity index (χ1) is 11.0. The molecule has 1 rings (SSSR count). The third kappa shape index (κ3) is 5.91. The lowest BCUT2D eigenvalue weighted by Crippen LogP contribution is -2.46. The Labute approximate surface area is 142 Å². The summed E-state index contributed by atoms with van der Waals surface area (Å²) in [5.41, 5.74) is 6.75. The van der Waals surface area contributed by atoms with Gasteiger partial charge in [-0.05, 0) is 39.3 Å². The van der Waals surface area contributed by atoms with E-state index in [2.05, 4.69) is 5.32 Å². The molecule has 0 aliphatic carbocycles. The van der Waals surface area contributed by atoms with Gasteiger partial charge in [-0.3, -0.25) is 9.59 Å². The van der Waals surface area contributed by atoms with Crippen molar-refractivity contribution in [3.63, 3.8) is 0 Å². The Morgan fingerprint density at radius 3 is 2.46 bits per heavy atom. The van der Waals surface area contributed by atoms with E-state index in [1.807, 2.05) is 20.8 Å². The van der Waals surface area contributed by atoms with E-state index in [1.54, 1.807) is 19.1 Å². The van der Waals surface area contributed by atoms with Gasteiger partial charge in [0, 0.05) is 18.3 Å². The number of carbonyl (C=O) groups excluding carboxylic acids is 3. The smallest absolute Gasteiger partial charge is 0.340 e. The van der Waals surface area contributed by atoms with Gasteiger partial charge in [-0.25, -0.2) is 4.79 Å². The van der Waals surface area contributed by atoms with Crippen LogP contribution in [0.5, 0.6) is 0 Å². The van der Waals surface area contributed by atoms with Crippen LogP contribution < -0.4 is 11.1 Å². The second-order valence-electron chi connectivity index (χ2n) is 6.66. The molecule has 7 heteroatoms. The number of hydrogen-bond donors (Lipinski definition) is 2. The first-order valence-electron chi connectivity index (χ1n) is 7.58. The molecule has 0 heterocycles. The molecule has 0 aliphatic heterocycles. The molecular formula is C17H25N3O4. The van der Waals surface area contributed by atoms with Crippen molar-refractivity contribution in [3.05, 3.63) is 29.3 Å². The molecule has 1 aromatic carbocycles. The first-order valence-corrected chi connectivity index (χ1v) is 7.58. The summed E-state index contributed by atoms with van der Waals surface area (Å²) in [4.78, 5) is 37.0. The summed E-state index contributed by atoms with van der Waals surface area (Å²) in [7, 11) is 1.47. The molecule has 1 aromatic rings. The molecule has 0 aromatic heterocycles. The lowest BCUT2D eigenvalue weighted by Gasteiger charge is -2.23. The number of nitrogens with zero attached hydrogens (tertiary/aromatic N) is 1. The molecule has 0 atom stereocenters. The maximum absolute atomic E-state index is 12.0. The summed E-state index contributed by atoms with van der Waals surface area (Å²) >= 11 is 0. The second kappa shape index (κ2) is 7.81. The Balaban J connectivity index is 2.54. The number of esters is 1. The van der Waals surface area contributed by atoms with Crippen molar-refractivity contribution in [1.82, 2.24) is 10.2 Å². The molecule has 0 unspecified atom stereocenters. The van der Waals surface area contributed by atoms with Crippen LogP contribution in [-0.4, -0.2) is 48.4 Å². The molecule has 3 N–H and O–H groups in total. The maximum atomic E-state index is 12.0. The number of carbonyl (C=O) groups is 3. The molecule has 2 amide bonds. The number of amides is 2. The molecule has 0 fully saturated rings. The minimum atomic E-state index is -0.669. The summed E-state index contributed by atoms with van der Waals surface area (Å²) in [6, 6.07) is 5.00. The van der Waals surface area contributed by atoms with Crippen LogP contribution in [0.2, 0.25) is 0 Å². The Bertz CT molecular complexity index is 635. The fraction of sp³-hybridized carbons (Fsp3) is 0.471. The quantitative estimate of drug-likeness (QED) is 0.620. The Morgan fingerprint density at radius 1 is 1.25 bits per heavy atom. The molecule has 0 saturated heterocycles. The van der Waals surface area contributed by atoms with Crippen molar-refractivity contribution < 1.29 is 19.1 Å². The number of nitrogens with one attached hydrogen (secondary N) is 1. The number of aryl methyl sites for hydroxylation is 1. The highest BCUT2D eigenvalue weighted by Crippen LogP contribution is 2.17. The highest BCUT2D eigenvalue weighted by molar-refractivity contribution is 5.97. The van der Waals surface area contributed by atoms with Crippen LogP contribution in [0.4, 0.5) is 5.69 Å². The number of hydrogen-bond acceptors (Lipinski definition) is 5. The molecule has 24 heavy (non-hydrogen) atoms.